The van der Waals surface area contributed by atoms with E-state index in [1.807, 2.05) is 25.7 Å². The van der Waals surface area contributed by atoms with Crippen molar-refractivity contribution in [2.45, 2.75) is 52.5 Å². The highest BCUT2D eigenvalue weighted by Gasteiger charge is 2.31. The molecule has 19 heavy (non-hydrogen) atoms. The summed E-state index contributed by atoms with van der Waals surface area (Å²) in [6.07, 6.45) is 4.46. The molecular formula is C15H22BrNO2. The molecule has 1 aliphatic heterocycles. The second-order valence-electron chi connectivity index (χ2n) is 5.34. The van der Waals surface area contributed by atoms with Crippen LogP contribution in [-0.2, 0) is 0 Å². The normalized spacial score (nSPS) is 19.2. The molecule has 0 aromatic carbocycles. The van der Waals surface area contributed by atoms with Crippen molar-refractivity contribution in [3.8, 4) is 0 Å². The number of hydrogen-bond acceptors (Lipinski definition) is 2. The summed E-state index contributed by atoms with van der Waals surface area (Å²) in [6.45, 7) is 6.67. The Hall–Kier alpha value is -0.770. The van der Waals surface area contributed by atoms with E-state index in [1.165, 1.54) is 0 Å². The van der Waals surface area contributed by atoms with Crippen molar-refractivity contribution in [3.63, 3.8) is 0 Å². The first-order valence-corrected chi connectivity index (χ1v) is 8.12. The van der Waals surface area contributed by atoms with Crippen molar-refractivity contribution in [1.29, 1.82) is 0 Å². The molecule has 1 atom stereocenters. The lowest BCUT2D eigenvalue weighted by Gasteiger charge is -2.24. The van der Waals surface area contributed by atoms with Crippen LogP contribution in [0.2, 0.25) is 0 Å². The van der Waals surface area contributed by atoms with Crippen LogP contribution in [0.5, 0.6) is 0 Å². The number of carbonyl (C=O) groups excluding carboxylic acids is 1. The van der Waals surface area contributed by atoms with Crippen molar-refractivity contribution >= 4 is 21.8 Å². The minimum absolute atomic E-state index is 0.156. The van der Waals surface area contributed by atoms with Gasteiger partial charge in [0.05, 0.1) is 5.56 Å². The van der Waals surface area contributed by atoms with Gasteiger partial charge < -0.3 is 9.32 Å². The smallest absolute Gasteiger partial charge is 0.257 e. The van der Waals surface area contributed by atoms with Crippen LogP contribution in [0.4, 0.5) is 0 Å². The zero-order chi connectivity index (χ0) is 14.0. The maximum atomic E-state index is 12.7. The minimum Gasteiger partial charge on any atom is -0.466 e. The summed E-state index contributed by atoms with van der Waals surface area (Å²) in [5, 5.41) is 1.01. The summed E-state index contributed by atoms with van der Waals surface area (Å²) in [5.74, 6) is 1.77. The summed E-state index contributed by atoms with van der Waals surface area (Å²) in [6, 6.07) is 0.402. The number of carbonyl (C=O) groups is 1. The molecule has 2 rings (SSSR count). The monoisotopic (exact) mass is 327 g/mol. The van der Waals surface area contributed by atoms with Crippen LogP contribution in [0.1, 0.15) is 53.1 Å². The highest BCUT2D eigenvalue weighted by Crippen LogP contribution is 2.28. The fourth-order valence-corrected chi connectivity index (χ4v) is 3.29. The molecule has 2 heterocycles. The first kappa shape index (κ1) is 14.6. The highest BCUT2D eigenvalue weighted by molar-refractivity contribution is 9.09. The van der Waals surface area contributed by atoms with E-state index in [4.69, 9.17) is 4.42 Å². The maximum Gasteiger partial charge on any atom is 0.257 e. The predicted octanol–water partition coefficient (Wildman–Crippen LogP) is 3.98. The third-order valence-electron chi connectivity index (χ3n) is 4.08. The summed E-state index contributed by atoms with van der Waals surface area (Å²) in [7, 11) is 0. The molecule has 0 saturated carbocycles. The fraction of sp³-hybridized carbons (Fsp3) is 0.667. The van der Waals surface area contributed by atoms with Crippen molar-refractivity contribution in [3.05, 3.63) is 22.6 Å². The third-order valence-corrected chi connectivity index (χ3v) is 4.64. The molecule has 1 saturated heterocycles. The molecule has 3 nitrogen and oxygen atoms in total. The summed E-state index contributed by atoms with van der Waals surface area (Å²) >= 11 is 3.47. The Balaban J connectivity index is 2.18. The van der Waals surface area contributed by atoms with E-state index in [-0.39, 0.29) is 5.91 Å². The van der Waals surface area contributed by atoms with Gasteiger partial charge in [0.2, 0.25) is 0 Å². The van der Waals surface area contributed by atoms with Crippen LogP contribution in [-0.4, -0.2) is 28.7 Å². The summed E-state index contributed by atoms with van der Waals surface area (Å²) < 4.78 is 5.59. The van der Waals surface area contributed by atoms with E-state index in [9.17, 15) is 4.79 Å². The second kappa shape index (κ2) is 6.12. The van der Waals surface area contributed by atoms with Crippen molar-refractivity contribution in [2.75, 3.05) is 11.9 Å². The van der Waals surface area contributed by atoms with E-state index >= 15 is 0 Å². The largest absolute Gasteiger partial charge is 0.466 e. The number of furan rings is 1. The van der Waals surface area contributed by atoms with Crippen LogP contribution in [0.15, 0.2) is 4.42 Å². The molecule has 1 aliphatic rings. The quantitative estimate of drug-likeness (QED) is 0.783. The molecule has 1 aromatic rings. The first-order valence-electron chi connectivity index (χ1n) is 6.99. The summed E-state index contributed by atoms with van der Waals surface area (Å²) in [4.78, 5) is 14.8. The van der Waals surface area contributed by atoms with Crippen molar-refractivity contribution in [1.82, 2.24) is 4.90 Å². The molecule has 1 aromatic heterocycles. The molecule has 0 aliphatic carbocycles. The zero-order valence-corrected chi connectivity index (χ0v) is 13.5. The molecular weight excluding hydrogens is 306 g/mol. The number of halogens is 1. The number of likely N-dealkylation sites (tertiary alicyclic amines) is 1. The second-order valence-corrected chi connectivity index (χ2v) is 6.13. The molecule has 106 valence electrons. The van der Waals surface area contributed by atoms with Gasteiger partial charge in [0.1, 0.15) is 11.5 Å². The Morgan fingerprint density at radius 3 is 2.68 bits per heavy atom. The average molecular weight is 328 g/mol. The number of aryl methyl sites for hydroxylation is 2. The Kier molecular flexibility index (Phi) is 4.71. The lowest BCUT2D eigenvalue weighted by molar-refractivity contribution is 0.0728. The first-order chi connectivity index (χ1) is 9.06. The van der Waals surface area contributed by atoms with Crippen molar-refractivity contribution < 1.29 is 9.21 Å². The van der Waals surface area contributed by atoms with E-state index in [0.29, 0.717) is 6.04 Å². The van der Waals surface area contributed by atoms with Crippen LogP contribution in [0.3, 0.4) is 0 Å². The van der Waals surface area contributed by atoms with Crippen LogP contribution in [0.25, 0.3) is 0 Å². The number of hydrogen-bond donors (Lipinski definition) is 0. The Labute approximate surface area is 123 Å². The van der Waals surface area contributed by atoms with Gasteiger partial charge in [-0.1, -0.05) is 15.9 Å². The maximum absolute atomic E-state index is 12.7. The Morgan fingerprint density at radius 1 is 1.37 bits per heavy atom. The fourth-order valence-electron chi connectivity index (χ4n) is 2.97. The predicted molar refractivity (Wildman–Crippen MR) is 80.0 cm³/mol. The minimum atomic E-state index is 0.156. The van der Waals surface area contributed by atoms with E-state index in [0.717, 1.165) is 60.2 Å². The van der Waals surface area contributed by atoms with Gasteiger partial charge in [0.25, 0.3) is 5.91 Å². The van der Waals surface area contributed by atoms with Gasteiger partial charge in [-0.25, -0.2) is 0 Å². The lowest BCUT2D eigenvalue weighted by atomic mass is 10.1. The van der Waals surface area contributed by atoms with Gasteiger partial charge in [-0.05, 0) is 46.5 Å². The molecule has 0 radical (unpaired) electrons. The average Bonchev–Trinajstić information content (AvgIpc) is 2.92. The lowest BCUT2D eigenvalue weighted by Crippen LogP contribution is -2.36. The third kappa shape index (κ3) is 2.88. The molecule has 4 heteroatoms. The SMILES string of the molecule is Cc1oc(C)c(C(=O)N2CCCC2CCCBr)c1C. The standard InChI is InChI=1S/C15H22BrNO2/c1-10-11(2)19-12(3)14(10)15(18)17-9-5-7-13(17)6-4-8-16/h13H,4-9H2,1-3H3. The Morgan fingerprint density at radius 2 is 2.11 bits per heavy atom. The molecule has 0 spiro atoms. The zero-order valence-electron chi connectivity index (χ0n) is 12.0. The Bertz CT molecular complexity index is 467. The number of alkyl halides is 1. The summed E-state index contributed by atoms with van der Waals surface area (Å²) in [5.41, 5.74) is 1.77. The highest BCUT2D eigenvalue weighted by atomic mass is 79.9. The van der Waals surface area contributed by atoms with Gasteiger partial charge in [-0.2, -0.15) is 0 Å². The van der Waals surface area contributed by atoms with Crippen molar-refractivity contribution in [2.24, 2.45) is 0 Å². The van der Waals surface area contributed by atoms with E-state index in [1.54, 1.807) is 0 Å². The van der Waals surface area contributed by atoms with Crippen LogP contribution < -0.4 is 0 Å². The molecule has 0 bridgehead atoms. The molecule has 0 N–H and O–H groups in total. The van der Waals surface area contributed by atoms with Gasteiger partial charge in [-0.3, -0.25) is 4.79 Å². The number of amides is 1. The van der Waals surface area contributed by atoms with E-state index < -0.39 is 0 Å². The molecule has 1 unspecified atom stereocenters. The number of rotatable bonds is 4. The number of nitrogens with zero attached hydrogens (tertiary/aromatic N) is 1. The molecule has 1 amide bonds. The van der Waals surface area contributed by atoms with Gasteiger partial charge >= 0.3 is 0 Å². The van der Waals surface area contributed by atoms with Crippen LogP contribution in [0, 0.1) is 20.8 Å². The molecule has 1 fully saturated rings. The van der Waals surface area contributed by atoms with Gasteiger partial charge in [0, 0.05) is 23.5 Å². The topological polar surface area (TPSA) is 33.5 Å². The van der Waals surface area contributed by atoms with E-state index in [2.05, 4.69) is 15.9 Å². The van der Waals surface area contributed by atoms with Crippen LogP contribution >= 0.6 is 15.9 Å². The van der Waals surface area contributed by atoms with Gasteiger partial charge in [-0.15, -0.1) is 0 Å². The van der Waals surface area contributed by atoms with Gasteiger partial charge in [0.15, 0.2) is 0 Å².